The van der Waals surface area contributed by atoms with Crippen molar-refractivity contribution in [3.05, 3.63) is 33.4 Å². The Hall–Kier alpha value is -0.960. The topological polar surface area (TPSA) is 80.3 Å². The van der Waals surface area contributed by atoms with Crippen LogP contribution >= 0.6 is 22.6 Å². The minimum absolute atomic E-state index is 0.0309. The fourth-order valence-corrected chi connectivity index (χ4v) is 4.97. The van der Waals surface area contributed by atoms with Crippen LogP contribution in [0.3, 0.4) is 0 Å². The number of sulfone groups is 1. The van der Waals surface area contributed by atoms with Crippen molar-refractivity contribution in [2.24, 2.45) is 0 Å². The number of rotatable bonds is 5. The van der Waals surface area contributed by atoms with Crippen LogP contribution in [0.15, 0.2) is 24.3 Å². The lowest BCUT2D eigenvalue weighted by Crippen LogP contribution is -2.46. The van der Waals surface area contributed by atoms with E-state index < -0.39 is 15.4 Å². The van der Waals surface area contributed by atoms with Gasteiger partial charge in [-0.2, -0.15) is 0 Å². The van der Waals surface area contributed by atoms with Crippen molar-refractivity contribution in [1.82, 2.24) is 5.32 Å². The molecule has 0 spiro atoms. The molecule has 1 aliphatic rings. The number of benzene rings is 1. The largest absolute Gasteiger partial charge is 0.350 e. The highest BCUT2D eigenvalue weighted by Gasteiger charge is 2.39. The molecule has 0 aromatic heterocycles. The van der Waals surface area contributed by atoms with Crippen LogP contribution in [0, 0.1) is 3.57 Å². The number of hydrogen-bond acceptors (Lipinski definition) is 4. The van der Waals surface area contributed by atoms with Gasteiger partial charge in [0, 0.05) is 22.0 Å². The summed E-state index contributed by atoms with van der Waals surface area (Å²) in [5, 5.41) is 2.76. The molecule has 2 rings (SSSR count). The predicted octanol–water partition coefficient (Wildman–Crippen LogP) is 1.95. The van der Waals surface area contributed by atoms with Crippen molar-refractivity contribution in [1.29, 1.82) is 0 Å². The molecule has 1 amide bonds. The number of carbonyl (C=O) groups excluding carboxylic acids is 2. The lowest BCUT2D eigenvalue weighted by molar-refractivity contribution is -0.122. The third-order valence-corrected chi connectivity index (χ3v) is 6.31. The molecule has 120 valence electrons. The van der Waals surface area contributed by atoms with E-state index in [-0.39, 0.29) is 36.0 Å². The second-order valence-corrected chi connectivity index (χ2v) is 9.31. The number of carbonyl (C=O) groups is 2. The van der Waals surface area contributed by atoms with Crippen LogP contribution < -0.4 is 5.32 Å². The van der Waals surface area contributed by atoms with Crippen molar-refractivity contribution in [2.75, 3.05) is 11.5 Å². The van der Waals surface area contributed by atoms with Gasteiger partial charge in [0.25, 0.3) is 0 Å². The number of nitrogens with one attached hydrogen (secondary N) is 1. The van der Waals surface area contributed by atoms with Crippen LogP contribution in [0.25, 0.3) is 0 Å². The second-order valence-electron chi connectivity index (χ2n) is 5.88. The summed E-state index contributed by atoms with van der Waals surface area (Å²) >= 11 is 2.16. The first-order chi connectivity index (χ1) is 10.2. The highest BCUT2D eigenvalue weighted by atomic mass is 127. The maximum absolute atomic E-state index is 12.0. The number of Topliss-reactive ketones (excluding diaryl/α,β-unsaturated/α-hetero) is 1. The molecule has 1 atom stereocenters. The van der Waals surface area contributed by atoms with E-state index in [1.807, 2.05) is 12.1 Å². The summed E-state index contributed by atoms with van der Waals surface area (Å²) in [7, 11) is -3.06. The van der Waals surface area contributed by atoms with Gasteiger partial charge in [0.05, 0.1) is 17.0 Å². The van der Waals surface area contributed by atoms with Crippen molar-refractivity contribution in [3.63, 3.8) is 0 Å². The minimum atomic E-state index is -3.06. The molecule has 1 fully saturated rings. The molecule has 0 saturated carbocycles. The summed E-state index contributed by atoms with van der Waals surface area (Å²) in [6, 6.07) is 7.18. The molecule has 22 heavy (non-hydrogen) atoms. The first kappa shape index (κ1) is 17.4. The Kier molecular flexibility index (Phi) is 5.26. The smallest absolute Gasteiger partial charge is 0.220 e. The van der Waals surface area contributed by atoms with E-state index in [1.54, 1.807) is 19.1 Å². The number of ketones is 1. The average molecular weight is 435 g/mol. The van der Waals surface area contributed by atoms with Crippen LogP contribution in [0.2, 0.25) is 0 Å². The Morgan fingerprint density at radius 2 is 1.86 bits per heavy atom. The van der Waals surface area contributed by atoms with Crippen LogP contribution in [0.5, 0.6) is 0 Å². The van der Waals surface area contributed by atoms with Crippen molar-refractivity contribution < 1.29 is 18.0 Å². The molecule has 1 heterocycles. The zero-order valence-corrected chi connectivity index (χ0v) is 15.2. The van der Waals surface area contributed by atoms with E-state index >= 15 is 0 Å². The Morgan fingerprint density at radius 3 is 2.41 bits per heavy atom. The fraction of sp³-hybridized carbons (Fsp3) is 0.467. The molecule has 1 aromatic rings. The Balaban J connectivity index is 1.85. The zero-order chi connectivity index (χ0) is 16.4. The van der Waals surface area contributed by atoms with E-state index in [4.69, 9.17) is 0 Å². The summed E-state index contributed by atoms with van der Waals surface area (Å²) < 4.78 is 24.0. The van der Waals surface area contributed by atoms with Gasteiger partial charge >= 0.3 is 0 Å². The average Bonchev–Trinajstić information content (AvgIpc) is 2.70. The third-order valence-electron chi connectivity index (χ3n) is 3.69. The predicted molar refractivity (Wildman–Crippen MR) is 92.5 cm³/mol. The zero-order valence-electron chi connectivity index (χ0n) is 12.3. The van der Waals surface area contributed by atoms with Gasteiger partial charge < -0.3 is 5.32 Å². The SMILES string of the molecule is CC1(NC(=O)CCC(=O)c2ccc(I)cc2)CCS(=O)(=O)C1. The summed E-state index contributed by atoms with van der Waals surface area (Å²) in [6.45, 7) is 1.73. The lowest BCUT2D eigenvalue weighted by Gasteiger charge is -2.23. The van der Waals surface area contributed by atoms with Gasteiger partial charge in [-0.15, -0.1) is 0 Å². The van der Waals surface area contributed by atoms with Crippen molar-refractivity contribution in [3.8, 4) is 0 Å². The fourth-order valence-electron chi connectivity index (χ4n) is 2.52. The summed E-state index contributed by atoms with van der Waals surface area (Å²) in [6.07, 6.45) is 0.613. The molecule has 0 aliphatic carbocycles. The van der Waals surface area contributed by atoms with Gasteiger partial charge in [-0.3, -0.25) is 9.59 Å². The number of amides is 1. The minimum Gasteiger partial charge on any atom is -0.350 e. The van der Waals surface area contributed by atoms with Gasteiger partial charge in [-0.1, -0.05) is 12.1 Å². The standard InChI is InChI=1S/C15H18INO4S/c1-15(8-9-22(20,21)10-15)17-14(19)7-6-13(18)11-2-4-12(16)5-3-11/h2-5H,6-10H2,1H3,(H,17,19). The lowest BCUT2D eigenvalue weighted by atomic mass is 10.0. The molecule has 5 nitrogen and oxygen atoms in total. The Morgan fingerprint density at radius 1 is 1.23 bits per heavy atom. The van der Waals surface area contributed by atoms with E-state index in [9.17, 15) is 18.0 Å². The first-order valence-electron chi connectivity index (χ1n) is 6.99. The number of hydrogen-bond donors (Lipinski definition) is 1. The quantitative estimate of drug-likeness (QED) is 0.567. The van der Waals surface area contributed by atoms with Gasteiger partial charge in [0.2, 0.25) is 5.91 Å². The van der Waals surface area contributed by atoms with E-state index in [2.05, 4.69) is 27.9 Å². The van der Waals surface area contributed by atoms with E-state index in [1.165, 1.54) is 0 Å². The highest BCUT2D eigenvalue weighted by molar-refractivity contribution is 14.1. The molecule has 1 N–H and O–H groups in total. The molecular formula is C15H18INO4S. The first-order valence-corrected chi connectivity index (χ1v) is 9.89. The molecule has 7 heteroatoms. The third kappa shape index (κ3) is 4.77. The molecule has 0 bridgehead atoms. The molecule has 1 unspecified atom stereocenters. The molecule has 1 aromatic carbocycles. The van der Waals surface area contributed by atoms with Crippen LogP contribution in [0.1, 0.15) is 36.5 Å². The van der Waals surface area contributed by atoms with Gasteiger partial charge in [-0.25, -0.2) is 8.42 Å². The van der Waals surface area contributed by atoms with E-state index in [0.717, 1.165) is 3.57 Å². The van der Waals surface area contributed by atoms with Crippen LogP contribution in [0.4, 0.5) is 0 Å². The maximum Gasteiger partial charge on any atom is 0.220 e. The second kappa shape index (κ2) is 6.66. The summed E-state index contributed by atoms with van der Waals surface area (Å²) in [5.74, 6) is -0.295. The molecule has 0 radical (unpaired) electrons. The van der Waals surface area contributed by atoms with Gasteiger partial charge in [0.1, 0.15) is 0 Å². The maximum atomic E-state index is 12.0. The normalized spacial score (nSPS) is 23.2. The summed E-state index contributed by atoms with van der Waals surface area (Å²) in [5.41, 5.74) is -0.121. The van der Waals surface area contributed by atoms with Gasteiger partial charge in [-0.05, 0) is 48.1 Å². The Labute approximate surface area is 143 Å². The van der Waals surface area contributed by atoms with Crippen LogP contribution in [-0.2, 0) is 14.6 Å². The monoisotopic (exact) mass is 435 g/mol. The summed E-state index contributed by atoms with van der Waals surface area (Å²) in [4.78, 5) is 23.9. The molecule has 1 aliphatic heterocycles. The Bertz CT molecular complexity index is 684. The van der Waals surface area contributed by atoms with Gasteiger partial charge in [0.15, 0.2) is 15.6 Å². The molecule has 1 saturated heterocycles. The highest BCUT2D eigenvalue weighted by Crippen LogP contribution is 2.23. The van der Waals surface area contributed by atoms with Crippen molar-refractivity contribution in [2.45, 2.75) is 31.7 Å². The van der Waals surface area contributed by atoms with Crippen molar-refractivity contribution >= 4 is 44.1 Å². The van der Waals surface area contributed by atoms with Crippen LogP contribution in [-0.4, -0.2) is 37.2 Å². The number of halogens is 1. The van der Waals surface area contributed by atoms with E-state index in [0.29, 0.717) is 12.0 Å². The molecular weight excluding hydrogens is 417 g/mol.